The largest absolute Gasteiger partial charge is 0.386 e. The summed E-state index contributed by atoms with van der Waals surface area (Å²) in [6, 6.07) is 0. The molecular weight excluding hydrogens is 134 g/mol. The molecule has 2 atom stereocenters. The van der Waals surface area contributed by atoms with Crippen LogP contribution in [0.5, 0.6) is 0 Å². The van der Waals surface area contributed by atoms with Gasteiger partial charge in [0.2, 0.25) is 6.54 Å². The minimum Gasteiger partial charge on any atom is -0.386 e. The van der Waals surface area contributed by atoms with Gasteiger partial charge in [-0.15, -0.1) is 0 Å². The molecule has 0 heterocycles. The average Bonchev–Trinajstić information content (AvgIpc) is 1.85. The fourth-order valence-electron chi connectivity index (χ4n) is 0.605. The van der Waals surface area contributed by atoms with Crippen molar-refractivity contribution in [1.29, 1.82) is 0 Å². The second-order valence-corrected chi connectivity index (χ2v) is 2.47. The predicted molar refractivity (Wildman–Crippen MR) is 37.3 cm³/mol. The smallest absolute Gasteiger partial charge is 0.229 e. The lowest BCUT2D eigenvalue weighted by molar-refractivity contribution is -0.492. The number of rotatable bonds is 4. The summed E-state index contributed by atoms with van der Waals surface area (Å²) in [6.45, 7) is 3.36. The fraction of sp³-hybridized carbons (Fsp3) is 1.00. The number of nitrogens with zero attached hydrogens (tertiary/aromatic N) is 1. The molecular formula is C6H13NO3. The summed E-state index contributed by atoms with van der Waals surface area (Å²) in [5.41, 5.74) is 0. The molecule has 0 fully saturated rings. The lowest BCUT2D eigenvalue weighted by Crippen LogP contribution is -2.25. The van der Waals surface area contributed by atoms with Crippen LogP contribution in [-0.2, 0) is 0 Å². The van der Waals surface area contributed by atoms with Crippen LogP contribution in [0.2, 0.25) is 0 Å². The van der Waals surface area contributed by atoms with Crippen LogP contribution in [0.25, 0.3) is 0 Å². The molecule has 60 valence electrons. The van der Waals surface area contributed by atoms with Gasteiger partial charge in [0.05, 0.1) is 0 Å². The van der Waals surface area contributed by atoms with Crippen LogP contribution >= 0.6 is 0 Å². The van der Waals surface area contributed by atoms with E-state index in [4.69, 9.17) is 5.11 Å². The SMILES string of the molecule is CC[C@H](C)[C@@H](O)C[N+](=O)[O-]. The van der Waals surface area contributed by atoms with Gasteiger partial charge in [0.25, 0.3) is 0 Å². The van der Waals surface area contributed by atoms with E-state index >= 15 is 0 Å². The van der Waals surface area contributed by atoms with E-state index in [0.717, 1.165) is 6.42 Å². The van der Waals surface area contributed by atoms with Gasteiger partial charge >= 0.3 is 0 Å². The first-order valence-electron chi connectivity index (χ1n) is 3.37. The van der Waals surface area contributed by atoms with Gasteiger partial charge in [-0.1, -0.05) is 20.3 Å². The zero-order chi connectivity index (χ0) is 8.15. The van der Waals surface area contributed by atoms with E-state index in [1.54, 1.807) is 6.92 Å². The van der Waals surface area contributed by atoms with Gasteiger partial charge in [0, 0.05) is 4.92 Å². The second kappa shape index (κ2) is 4.22. The molecule has 0 saturated carbocycles. The third-order valence-electron chi connectivity index (χ3n) is 1.64. The van der Waals surface area contributed by atoms with Crippen LogP contribution in [0.4, 0.5) is 0 Å². The maximum atomic E-state index is 9.88. The van der Waals surface area contributed by atoms with Crippen molar-refractivity contribution in [3.8, 4) is 0 Å². The predicted octanol–water partition coefficient (Wildman–Crippen LogP) is 0.670. The molecule has 4 heteroatoms. The zero-order valence-electron chi connectivity index (χ0n) is 6.28. The number of aliphatic hydroxyl groups is 1. The summed E-state index contributed by atoms with van der Waals surface area (Å²) in [5, 5.41) is 18.9. The van der Waals surface area contributed by atoms with Gasteiger partial charge in [-0.05, 0) is 5.92 Å². The number of hydrogen-bond donors (Lipinski definition) is 1. The summed E-state index contributed by atoms with van der Waals surface area (Å²) >= 11 is 0. The number of aliphatic hydroxyl groups excluding tert-OH is 1. The van der Waals surface area contributed by atoms with Crippen LogP contribution in [0.3, 0.4) is 0 Å². The molecule has 0 rings (SSSR count). The highest BCUT2D eigenvalue weighted by atomic mass is 16.6. The van der Waals surface area contributed by atoms with Gasteiger partial charge in [-0.2, -0.15) is 0 Å². The first kappa shape index (κ1) is 9.36. The lowest BCUT2D eigenvalue weighted by Gasteiger charge is -2.11. The summed E-state index contributed by atoms with van der Waals surface area (Å²) < 4.78 is 0. The Labute approximate surface area is 60.0 Å². The number of nitro groups is 1. The fourth-order valence-corrected chi connectivity index (χ4v) is 0.605. The minimum absolute atomic E-state index is 0.0189. The highest BCUT2D eigenvalue weighted by Gasteiger charge is 2.17. The minimum atomic E-state index is -0.792. The van der Waals surface area contributed by atoms with Gasteiger partial charge in [-0.3, -0.25) is 10.1 Å². The summed E-state index contributed by atoms with van der Waals surface area (Å²) in [6.07, 6.45) is -0.0188. The molecule has 0 saturated heterocycles. The Morgan fingerprint density at radius 1 is 1.70 bits per heavy atom. The first-order chi connectivity index (χ1) is 4.57. The van der Waals surface area contributed by atoms with Crippen LogP contribution < -0.4 is 0 Å². The van der Waals surface area contributed by atoms with E-state index in [9.17, 15) is 10.1 Å². The Balaban J connectivity index is 3.61. The second-order valence-electron chi connectivity index (χ2n) is 2.47. The third kappa shape index (κ3) is 3.40. The van der Waals surface area contributed by atoms with Crippen molar-refractivity contribution >= 4 is 0 Å². The molecule has 0 aromatic carbocycles. The van der Waals surface area contributed by atoms with Crippen LogP contribution in [-0.4, -0.2) is 22.7 Å². The van der Waals surface area contributed by atoms with Crippen LogP contribution in [0, 0.1) is 16.0 Å². The Hall–Kier alpha value is -0.640. The highest BCUT2D eigenvalue weighted by Crippen LogP contribution is 2.06. The maximum absolute atomic E-state index is 9.88. The van der Waals surface area contributed by atoms with E-state index in [2.05, 4.69) is 0 Å². The molecule has 0 radical (unpaired) electrons. The van der Waals surface area contributed by atoms with Crippen molar-refractivity contribution in [2.24, 2.45) is 5.92 Å². The molecule has 1 N–H and O–H groups in total. The normalized spacial score (nSPS) is 16.3. The van der Waals surface area contributed by atoms with Gasteiger partial charge in [0.1, 0.15) is 6.10 Å². The van der Waals surface area contributed by atoms with Crippen LogP contribution in [0.1, 0.15) is 20.3 Å². The lowest BCUT2D eigenvalue weighted by atomic mass is 10.0. The number of hydrogen-bond acceptors (Lipinski definition) is 3. The molecule has 4 nitrogen and oxygen atoms in total. The quantitative estimate of drug-likeness (QED) is 0.469. The van der Waals surface area contributed by atoms with E-state index in [1.807, 2.05) is 6.92 Å². The van der Waals surface area contributed by atoms with Crippen molar-refractivity contribution < 1.29 is 10.0 Å². The van der Waals surface area contributed by atoms with Crippen molar-refractivity contribution in [2.75, 3.05) is 6.54 Å². The molecule has 0 unspecified atom stereocenters. The molecule has 0 bridgehead atoms. The summed E-state index contributed by atoms with van der Waals surface area (Å²) in [5.74, 6) is 0.0189. The van der Waals surface area contributed by atoms with Gasteiger partial charge < -0.3 is 5.11 Å². The molecule has 0 spiro atoms. The van der Waals surface area contributed by atoms with Crippen molar-refractivity contribution in [1.82, 2.24) is 0 Å². The van der Waals surface area contributed by atoms with Gasteiger partial charge in [-0.25, -0.2) is 0 Å². The van der Waals surface area contributed by atoms with E-state index in [-0.39, 0.29) is 12.5 Å². The van der Waals surface area contributed by atoms with Crippen molar-refractivity contribution in [3.63, 3.8) is 0 Å². The Morgan fingerprint density at radius 2 is 2.20 bits per heavy atom. The summed E-state index contributed by atoms with van der Waals surface area (Å²) in [7, 11) is 0. The molecule has 0 aliphatic heterocycles. The molecule has 0 aromatic rings. The average molecular weight is 147 g/mol. The molecule has 0 amide bonds. The first-order valence-corrected chi connectivity index (χ1v) is 3.37. The van der Waals surface area contributed by atoms with E-state index in [1.165, 1.54) is 0 Å². The van der Waals surface area contributed by atoms with Crippen molar-refractivity contribution in [3.05, 3.63) is 10.1 Å². The van der Waals surface area contributed by atoms with Crippen LogP contribution in [0.15, 0.2) is 0 Å². The standard InChI is InChI=1S/C6H13NO3/c1-3-5(2)6(8)4-7(9)10/h5-6,8H,3-4H2,1-2H3/t5-,6-/m0/s1. The highest BCUT2D eigenvalue weighted by molar-refractivity contribution is 4.60. The molecule has 0 aliphatic rings. The van der Waals surface area contributed by atoms with Crippen molar-refractivity contribution in [2.45, 2.75) is 26.4 Å². The van der Waals surface area contributed by atoms with E-state index in [0.29, 0.717) is 0 Å². The Bertz CT molecular complexity index is 116. The topological polar surface area (TPSA) is 63.4 Å². The van der Waals surface area contributed by atoms with Gasteiger partial charge in [0.15, 0.2) is 0 Å². The molecule has 0 aliphatic carbocycles. The third-order valence-corrected chi connectivity index (χ3v) is 1.64. The monoisotopic (exact) mass is 147 g/mol. The Morgan fingerprint density at radius 3 is 2.50 bits per heavy atom. The molecule has 10 heavy (non-hydrogen) atoms. The zero-order valence-corrected chi connectivity index (χ0v) is 6.28. The Kier molecular flexibility index (Phi) is 3.95. The van der Waals surface area contributed by atoms with E-state index < -0.39 is 11.0 Å². The maximum Gasteiger partial charge on any atom is 0.229 e. The summed E-state index contributed by atoms with van der Waals surface area (Å²) in [4.78, 5) is 9.39. The molecule has 0 aromatic heterocycles.